The van der Waals surface area contributed by atoms with Crippen LogP contribution < -0.4 is 15.4 Å². The second kappa shape index (κ2) is 12.5. The fraction of sp³-hybridized carbons (Fsp3) is 0.100. The maximum Gasteiger partial charge on any atom is 0.336 e. The standard InChI is InChI=1S/C30H25ClN2O5S/c1-18-16-25(26(38-2)17-24(18)31)33-29(35)27(19-8-4-3-5-9-19)39-21-14-12-20(13-15-21)32-28(34)22-10-6-7-11-23(22)30(36)37/h3-17,27H,1-2H3,(H,32,34)(H,33,35)(H,36,37). The van der Waals surface area contributed by atoms with Crippen molar-refractivity contribution in [3.8, 4) is 5.75 Å². The largest absolute Gasteiger partial charge is 0.495 e. The molecule has 3 N–H and O–H groups in total. The number of amides is 2. The molecular weight excluding hydrogens is 536 g/mol. The molecule has 9 heteroatoms. The normalized spacial score (nSPS) is 11.4. The second-order valence-electron chi connectivity index (χ2n) is 8.53. The van der Waals surface area contributed by atoms with Gasteiger partial charge in [0.2, 0.25) is 5.91 Å². The van der Waals surface area contributed by atoms with Crippen LogP contribution in [0.3, 0.4) is 0 Å². The molecule has 4 rings (SSSR count). The number of hydrogen-bond donors (Lipinski definition) is 3. The third kappa shape index (κ3) is 6.79. The topological polar surface area (TPSA) is 105 Å². The Morgan fingerprint density at radius 3 is 2.15 bits per heavy atom. The molecule has 0 bridgehead atoms. The maximum atomic E-state index is 13.5. The highest BCUT2D eigenvalue weighted by molar-refractivity contribution is 8.00. The summed E-state index contributed by atoms with van der Waals surface area (Å²) in [6.07, 6.45) is 0. The van der Waals surface area contributed by atoms with Crippen molar-refractivity contribution in [2.75, 3.05) is 17.7 Å². The third-order valence-corrected chi connectivity index (χ3v) is 7.52. The van der Waals surface area contributed by atoms with Gasteiger partial charge in [-0.05, 0) is 60.5 Å². The minimum absolute atomic E-state index is 0.0668. The van der Waals surface area contributed by atoms with E-state index in [1.165, 1.54) is 31.0 Å². The highest BCUT2D eigenvalue weighted by Crippen LogP contribution is 2.38. The monoisotopic (exact) mass is 560 g/mol. The first kappa shape index (κ1) is 27.8. The second-order valence-corrected chi connectivity index (χ2v) is 10.1. The number of rotatable bonds is 9. The minimum Gasteiger partial charge on any atom is -0.495 e. The molecule has 0 aliphatic carbocycles. The fourth-order valence-electron chi connectivity index (χ4n) is 3.85. The van der Waals surface area contributed by atoms with Crippen LogP contribution in [0.1, 0.15) is 37.1 Å². The molecule has 7 nitrogen and oxygen atoms in total. The van der Waals surface area contributed by atoms with Crippen LogP contribution >= 0.6 is 23.4 Å². The predicted octanol–water partition coefficient (Wildman–Crippen LogP) is 7.08. The van der Waals surface area contributed by atoms with Crippen molar-refractivity contribution in [3.05, 3.63) is 118 Å². The Bertz CT molecular complexity index is 1510. The van der Waals surface area contributed by atoms with E-state index in [2.05, 4.69) is 10.6 Å². The average Bonchev–Trinajstić information content (AvgIpc) is 2.94. The van der Waals surface area contributed by atoms with Crippen molar-refractivity contribution in [1.29, 1.82) is 0 Å². The quantitative estimate of drug-likeness (QED) is 0.189. The van der Waals surface area contributed by atoms with Gasteiger partial charge in [-0.25, -0.2) is 4.79 Å². The lowest BCUT2D eigenvalue weighted by Gasteiger charge is -2.19. The predicted molar refractivity (Wildman–Crippen MR) is 154 cm³/mol. The Balaban J connectivity index is 1.53. The lowest BCUT2D eigenvalue weighted by molar-refractivity contribution is -0.115. The lowest BCUT2D eigenvalue weighted by Crippen LogP contribution is -2.19. The number of nitrogens with one attached hydrogen (secondary N) is 2. The van der Waals surface area contributed by atoms with Gasteiger partial charge in [-0.3, -0.25) is 9.59 Å². The number of methoxy groups -OCH3 is 1. The Labute approximate surface area is 235 Å². The van der Waals surface area contributed by atoms with Crippen LogP contribution in [0.25, 0.3) is 0 Å². The van der Waals surface area contributed by atoms with Crippen molar-refractivity contribution in [2.45, 2.75) is 17.1 Å². The molecule has 0 aromatic heterocycles. The molecule has 198 valence electrons. The molecule has 4 aromatic carbocycles. The van der Waals surface area contributed by atoms with Crippen molar-refractivity contribution in [2.24, 2.45) is 0 Å². The van der Waals surface area contributed by atoms with Gasteiger partial charge in [-0.15, -0.1) is 11.8 Å². The number of aryl methyl sites for hydroxylation is 1. The summed E-state index contributed by atoms with van der Waals surface area (Å²) in [6.45, 7) is 1.85. The van der Waals surface area contributed by atoms with Gasteiger partial charge in [0.25, 0.3) is 5.91 Å². The Kier molecular flexibility index (Phi) is 8.91. The van der Waals surface area contributed by atoms with Crippen LogP contribution in [-0.4, -0.2) is 30.0 Å². The van der Waals surface area contributed by atoms with E-state index in [4.69, 9.17) is 16.3 Å². The van der Waals surface area contributed by atoms with E-state index < -0.39 is 17.1 Å². The summed E-state index contributed by atoms with van der Waals surface area (Å²) in [5.74, 6) is -1.49. The van der Waals surface area contributed by atoms with Crippen LogP contribution in [0.2, 0.25) is 5.02 Å². The van der Waals surface area contributed by atoms with Gasteiger partial charge >= 0.3 is 5.97 Å². The smallest absolute Gasteiger partial charge is 0.336 e. The molecule has 4 aromatic rings. The van der Waals surface area contributed by atoms with Crippen molar-refractivity contribution < 1.29 is 24.2 Å². The number of thioether (sulfide) groups is 1. The fourth-order valence-corrected chi connectivity index (χ4v) is 5.03. The van der Waals surface area contributed by atoms with Gasteiger partial charge in [0.15, 0.2) is 0 Å². The SMILES string of the molecule is COc1cc(Cl)c(C)cc1NC(=O)C(Sc1ccc(NC(=O)c2ccccc2C(=O)O)cc1)c1ccccc1. The van der Waals surface area contributed by atoms with E-state index in [1.54, 1.807) is 48.5 Å². The van der Waals surface area contributed by atoms with Gasteiger partial charge in [0.1, 0.15) is 11.0 Å². The number of anilines is 2. The molecule has 0 saturated carbocycles. The van der Waals surface area contributed by atoms with Crippen molar-refractivity contribution >= 4 is 52.5 Å². The summed E-state index contributed by atoms with van der Waals surface area (Å²) in [6, 6.07) is 25.8. The third-order valence-electron chi connectivity index (χ3n) is 5.85. The number of aromatic carboxylic acids is 1. The van der Waals surface area contributed by atoms with Gasteiger partial charge in [-0.2, -0.15) is 0 Å². The highest BCUT2D eigenvalue weighted by atomic mass is 35.5. The molecule has 0 spiro atoms. The number of carbonyl (C=O) groups is 3. The molecule has 0 fully saturated rings. The van der Waals surface area contributed by atoms with E-state index in [9.17, 15) is 19.5 Å². The van der Waals surface area contributed by atoms with E-state index >= 15 is 0 Å². The molecule has 39 heavy (non-hydrogen) atoms. The van der Waals surface area contributed by atoms with Gasteiger partial charge in [0, 0.05) is 21.7 Å². The number of hydrogen-bond acceptors (Lipinski definition) is 5. The molecule has 0 radical (unpaired) electrons. The summed E-state index contributed by atoms with van der Waals surface area (Å²) in [5, 5.41) is 15.0. The van der Waals surface area contributed by atoms with Gasteiger partial charge < -0.3 is 20.5 Å². The highest BCUT2D eigenvalue weighted by Gasteiger charge is 2.24. The average molecular weight is 561 g/mol. The molecule has 1 atom stereocenters. The summed E-state index contributed by atoms with van der Waals surface area (Å²) < 4.78 is 5.41. The van der Waals surface area contributed by atoms with Gasteiger partial charge in [0.05, 0.1) is 23.9 Å². The zero-order valence-corrected chi connectivity index (χ0v) is 22.7. The zero-order chi connectivity index (χ0) is 27.9. The number of carbonyl (C=O) groups excluding carboxylic acids is 2. The van der Waals surface area contributed by atoms with Crippen LogP contribution in [-0.2, 0) is 4.79 Å². The zero-order valence-electron chi connectivity index (χ0n) is 21.1. The number of ether oxygens (including phenoxy) is 1. The van der Waals surface area contributed by atoms with Crippen LogP contribution in [0, 0.1) is 6.92 Å². The molecule has 1 unspecified atom stereocenters. The number of carboxylic acid groups (broad SMARTS) is 1. The van der Waals surface area contributed by atoms with E-state index in [0.717, 1.165) is 16.0 Å². The van der Waals surface area contributed by atoms with Crippen LogP contribution in [0.5, 0.6) is 5.75 Å². The first-order chi connectivity index (χ1) is 18.8. The molecule has 2 amide bonds. The first-order valence-corrected chi connectivity index (χ1v) is 13.1. The Hall–Kier alpha value is -4.27. The summed E-state index contributed by atoms with van der Waals surface area (Å²) in [4.78, 5) is 38.5. The minimum atomic E-state index is -1.18. The van der Waals surface area contributed by atoms with Crippen molar-refractivity contribution in [1.82, 2.24) is 0 Å². The number of halogens is 1. The molecule has 0 aliphatic rings. The lowest BCUT2D eigenvalue weighted by atomic mass is 10.1. The molecule has 0 heterocycles. The Morgan fingerprint density at radius 2 is 1.51 bits per heavy atom. The summed E-state index contributed by atoms with van der Waals surface area (Å²) in [7, 11) is 1.51. The van der Waals surface area contributed by atoms with Crippen LogP contribution in [0.15, 0.2) is 95.9 Å². The van der Waals surface area contributed by atoms with Gasteiger partial charge in [-0.1, -0.05) is 54.1 Å². The van der Waals surface area contributed by atoms with Crippen LogP contribution in [0.4, 0.5) is 11.4 Å². The number of carboxylic acids is 1. The van der Waals surface area contributed by atoms with Crippen molar-refractivity contribution in [3.63, 3.8) is 0 Å². The summed E-state index contributed by atoms with van der Waals surface area (Å²) >= 11 is 7.57. The molecule has 0 aliphatic heterocycles. The maximum absolute atomic E-state index is 13.5. The molecular formula is C30H25ClN2O5S. The summed E-state index contributed by atoms with van der Waals surface area (Å²) in [5.41, 5.74) is 2.62. The van der Waals surface area contributed by atoms with E-state index in [1.807, 2.05) is 37.3 Å². The number of benzene rings is 4. The van der Waals surface area contributed by atoms with E-state index in [0.29, 0.717) is 22.1 Å². The first-order valence-electron chi connectivity index (χ1n) is 11.9. The molecule has 0 saturated heterocycles. The Morgan fingerprint density at radius 1 is 0.872 bits per heavy atom. The van der Waals surface area contributed by atoms with E-state index in [-0.39, 0.29) is 17.0 Å².